The van der Waals surface area contributed by atoms with Gasteiger partial charge in [-0.2, -0.15) is 0 Å². The summed E-state index contributed by atoms with van der Waals surface area (Å²) in [5.74, 6) is 5.08. The van der Waals surface area contributed by atoms with Crippen LogP contribution in [0.2, 0.25) is 0 Å². The smallest absolute Gasteiger partial charge is 0.0320 e. The van der Waals surface area contributed by atoms with Crippen molar-refractivity contribution in [2.75, 3.05) is 0 Å². The van der Waals surface area contributed by atoms with Crippen molar-refractivity contribution in [3.05, 3.63) is 0 Å². The molecule has 0 aliphatic heterocycles. The SMILES string of the molecule is CC1CC2C3CC4CC(CC2(I)C4)C3(Br)C1. The third-order valence-corrected chi connectivity index (χ3v) is 9.42. The summed E-state index contributed by atoms with van der Waals surface area (Å²) in [6, 6.07) is 0. The fraction of sp³-hybridized carbons (Fsp3) is 1.00. The van der Waals surface area contributed by atoms with Crippen LogP contribution < -0.4 is 0 Å². The van der Waals surface area contributed by atoms with Crippen molar-refractivity contribution in [1.29, 1.82) is 0 Å². The third-order valence-electron chi connectivity index (χ3n) is 6.18. The highest BCUT2D eigenvalue weighted by atomic mass is 127. The topological polar surface area (TPSA) is 0 Å². The molecule has 0 nitrogen and oxygen atoms in total. The Hall–Kier alpha value is 1.21. The predicted molar refractivity (Wildman–Crippen MR) is 79.2 cm³/mol. The van der Waals surface area contributed by atoms with Gasteiger partial charge in [-0.3, -0.25) is 0 Å². The first-order valence-electron chi connectivity index (χ1n) is 6.89. The van der Waals surface area contributed by atoms with E-state index in [1.165, 1.54) is 25.7 Å². The highest BCUT2D eigenvalue weighted by Gasteiger charge is 2.66. The summed E-state index contributed by atoms with van der Waals surface area (Å²) in [5.41, 5.74) is 0. The number of halogens is 2. The molecule has 5 fully saturated rings. The van der Waals surface area contributed by atoms with E-state index < -0.39 is 0 Å². The average Bonchev–Trinajstić information content (AvgIpc) is 2.17. The lowest BCUT2D eigenvalue weighted by Crippen LogP contribution is -2.66. The average molecular weight is 395 g/mol. The van der Waals surface area contributed by atoms with Crippen molar-refractivity contribution < 1.29 is 0 Å². The zero-order chi connectivity index (χ0) is 11.1. The molecular weight excluding hydrogens is 375 g/mol. The molecule has 6 bridgehead atoms. The van der Waals surface area contributed by atoms with Gasteiger partial charge in [-0.05, 0) is 68.1 Å². The van der Waals surface area contributed by atoms with Gasteiger partial charge >= 0.3 is 0 Å². The van der Waals surface area contributed by atoms with Gasteiger partial charge in [0.05, 0.1) is 0 Å². The van der Waals surface area contributed by atoms with Gasteiger partial charge in [0.1, 0.15) is 0 Å². The molecule has 2 heteroatoms. The summed E-state index contributed by atoms with van der Waals surface area (Å²) in [7, 11) is 0. The van der Waals surface area contributed by atoms with E-state index in [2.05, 4.69) is 45.4 Å². The molecule has 0 aromatic rings. The van der Waals surface area contributed by atoms with Crippen molar-refractivity contribution in [3.63, 3.8) is 0 Å². The van der Waals surface area contributed by atoms with Crippen molar-refractivity contribution in [3.8, 4) is 0 Å². The van der Waals surface area contributed by atoms with Gasteiger partial charge in [0.2, 0.25) is 0 Å². The molecule has 16 heavy (non-hydrogen) atoms. The molecule has 5 aliphatic rings. The molecule has 7 unspecified atom stereocenters. The van der Waals surface area contributed by atoms with Crippen LogP contribution in [0.4, 0.5) is 0 Å². The summed E-state index contributed by atoms with van der Waals surface area (Å²) in [5, 5.41) is 0. The summed E-state index contributed by atoms with van der Waals surface area (Å²) in [4.78, 5) is 0. The minimum atomic E-state index is 0.556. The van der Waals surface area contributed by atoms with Crippen LogP contribution in [0.15, 0.2) is 0 Å². The highest BCUT2D eigenvalue weighted by Crippen LogP contribution is 2.72. The number of alkyl halides is 2. The first-order valence-corrected chi connectivity index (χ1v) is 8.76. The van der Waals surface area contributed by atoms with E-state index in [0.717, 1.165) is 29.6 Å². The zero-order valence-corrected chi connectivity index (χ0v) is 13.6. The molecule has 5 rings (SSSR count). The van der Waals surface area contributed by atoms with Gasteiger partial charge in [0.15, 0.2) is 0 Å². The molecule has 0 saturated heterocycles. The maximum absolute atomic E-state index is 4.24. The molecular formula is C14H20BrI. The Morgan fingerprint density at radius 2 is 1.88 bits per heavy atom. The van der Waals surface area contributed by atoms with Gasteiger partial charge in [-0.1, -0.05) is 45.4 Å². The van der Waals surface area contributed by atoms with E-state index in [9.17, 15) is 0 Å². The molecule has 0 spiro atoms. The maximum Gasteiger partial charge on any atom is 0.0320 e. The van der Waals surface area contributed by atoms with E-state index >= 15 is 0 Å². The Labute approximate surface area is 121 Å². The third kappa shape index (κ3) is 1.22. The van der Waals surface area contributed by atoms with E-state index in [4.69, 9.17) is 0 Å². The lowest BCUT2D eigenvalue weighted by atomic mass is 9.43. The molecule has 90 valence electrons. The highest BCUT2D eigenvalue weighted by molar-refractivity contribution is 14.1. The first kappa shape index (κ1) is 11.1. The lowest BCUT2D eigenvalue weighted by Gasteiger charge is -2.69. The van der Waals surface area contributed by atoms with E-state index in [1.54, 1.807) is 12.8 Å². The second kappa shape index (κ2) is 3.20. The van der Waals surface area contributed by atoms with Crippen molar-refractivity contribution in [1.82, 2.24) is 0 Å². The number of rotatable bonds is 0. The minimum absolute atomic E-state index is 0.556. The van der Waals surface area contributed by atoms with Gasteiger partial charge in [-0.15, -0.1) is 0 Å². The monoisotopic (exact) mass is 394 g/mol. The van der Waals surface area contributed by atoms with Gasteiger partial charge in [0, 0.05) is 7.75 Å². The Bertz CT molecular complexity index is 342. The van der Waals surface area contributed by atoms with Gasteiger partial charge < -0.3 is 0 Å². The molecule has 7 atom stereocenters. The van der Waals surface area contributed by atoms with E-state index in [1.807, 2.05) is 0 Å². The zero-order valence-electron chi connectivity index (χ0n) is 9.89. The Morgan fingerprint density at radius 3 is 2.69 bits per heavy atom. The predicted octanol–water partition coefficient (Wildman–Crippen LogP) is 4.79. The number of hydrogen-bond acceptors (Lipinski definition) is 0. The Balaban J connectivity index is 1.83. The summed E-state index contributed by atoms with van der Waals surface area (Å²) < 4.78 is 1.25. The second-order valence-corrected chi connectivity index (χ2v) is 10.8. The number of hydrogen-bond donors (Lipinski definition) is 0. The molecule has 5 aliphatic carbocycles. The minimum Gasteiger partial charge on any atom is -0.0847 e. The first-order chi connectivity index (χ1) is 7.51. The lowest BCUT2D eigenvalue weighted by molar-refractivity contribution is -0.0788. The van der Waals surface area contributed by atoms with E-state index in [0.29, 0.717) is 7.75 Å². The maximum atomic E-state index is 4.24. The van der Waals surface area contributed by atoms with Crippen molar-refractivity contribution in [2.24, 2.45) is 29.6 Å². The van der Waals surface area contributed by atoms with Gasteiger partial charge in [-0.25, -0.2) is 0 Å². The second-order valence-electron chi connectivity index (χ2n) is 7.16. The van der Waals surface area contributed by atoms with Crippen molar-refractivity contribution in [2.45, 2.75) is 53.2 Å². The Kier molecular flexibility index (Phi) is 2.22. The fourth-order valence-electron chi connectivity index (χ4n) is 5.85. The largest absolute Gasteiger partial charge is 0.0847 e. The van der Waals surface area contributed by atoms with Crippen molar-refractivity contribution >= 4 is 38.5 Å². The van der Waals surface area contributed by atoms with Crippen LogP contribution in [0.25, 0.3) is 0 Å². The summed E-state index contributed by atoms with van der Waals surface area (Å²) in [6.07, 6.45) is 9.11. The summed E-state index contributed by atoms with van der Waals surface area (Å²) in [6.45, 7) is 2.49. The molecule has 0 N–H and O–H groups in total. The Morgan fingerprint density at radius 1 is 1.06 bits per heavy atom. The summed E-state index contributed by atoms with van der Waals surface area (Å²) >= 11 is 7.11. The molecule has 0 amide bonds. The standard InChI is InChI=1S/C14H20BrI/c1-8-2-11-12-4-9-3-10(14(12,15)5-8)7-13(11,16)6-9/h8-12H,2-7H2,1H3. The van der Waals surface area contributed by atoms with Crippen LogP contribution in [-0.2, 0) is 0 Å². The quantitative estimate of drug-likeness (QED) is 0.409. The van der Waals surface area contributed by atoms with Crippen LogP contribution >= 0.6 is 38.5 Å². The molecule has 0 radical (unpaired) electrons. The van der Waals surface area contributed by atoms with Crippen LogP contribution in [0.1, 0.15) is 45.4 Å². The molecule has 5 saturated carbocycles. The molecule has 0 aromatic heterocycles. The fourth-order valence-corrected chi connectivity index (χ4v) is 9.10. The van der Waals surface area contributed by atoms with Crippen LogP contribution in [-0.4, -0.2) is 7.75 Å². The molecule has 0 heterocycles. The van der Waals surface area contributed by atoms with E-state index in [-0.39, 0.29) is 0 Å². The van der Waals surface area contributed by atoms with Crippen LogP contribution in [0, 0.1) is 29.6 Å². The van der Waals surface area contributed by atoms with Crippen LogP contribution in [0.5, 0.6) is 0 Å². The van der Waals surface area contributed by atoms with Gasteiger partial charge in [0.25, 0.3) is 0 Å². The molecule has 0 aromatic carbocycles. The van der Waals surface area contributed by atoms with Crippen LogP contribution in [0.3, 0.4) is 0 Å². The normalized spacial score (nSPS) is 67.3.